The summed E-state index contributed by atoms with van der Waals surface area (Å²) in [6.45, 7) is 11.0. The van der Waals surface area contributed by atoms with Gasteiger partial charge in [-0.05, 0) is 65.3 Å². The molecule has 4 heterocycles. The standard InChI is InChI=1S/C27H32ClN5O6/c1-25(2,3)38-24(35)29-13-15-8-7-9-16(12-15)32-22(34)18-27(6)19(37-26(4,5)39-27)23(36-18)33-11-10-17-20(28)30-14-31-21(17)33/h7-12,14,18-19,23H,13H2,1-6H3,(H,29,35)(H,32,34)/t18-,19+,23-,27-/m1/s1. The molecule has 2 aliphatic rings. The van der Waals surface area contributed by atoms with Crippen LogP contribution in [0.1, 0.15) is 53.3 Å². The predicted octanol–water partition coefficient (Wildman–Crippen LogP) is 4.56. The van der Waals surface area contributed by atoms with E-state index in [0.29, 0.717) is 21.9 Å². The Morgan fingerprint density at radius 1 is 1.18 bits per heavy atom. The van der Waals surface area contributed by atoms with Gasteiger partial charge in [0.1, 0.15) is 34.4 Å². The van der Waals surface area contributed by atoms with Gasteiger partial charge in [-0.2, -0.15) is 0 Å². The van der Waals surface area contributed by atoms with E-state index >= 15 is 0 Å². The average molecular weight is 558 g/mol. The van der Waals surface area contributed by atoms with E-state index in [2.05, 4.69) is 20.6 Å². The van der Waals surface area contributed by atoms with Crippen LogP contribution in [0.4, 0.5) is 10.5 Å². The van der Waals surface area contributed by atoms with Gasteiger partial charge in [0, 0.05) is 18.4 Å². The third-order valence-electron chi connectivity index (χ3n) is 6.50. The van der Waals surface area contributed by atoms with Gasteiger partial charge in [0.05, 0.1) is 5.39 Å². The molecule has 39 heavy (non-hydrogen) atoms. The summed E-state index contributed by atoms with van der Waals surface area (Å²) in [4.78, 5) is 34.1. The topological polar surface area (TPSA) is 126 Å². The smallest absolute Gasteiger partial charge is 0.407 e. The molecule has 2 N–H and O–H groups in total. The molecular formula is C27H32ClN5O6. The van der Waals surface area contributed by atoms with Gasteiger partial charge in [0.15, 0.2) is 18.1 Å². The van der Waals surface area contributed by atoms with Crippen molar-refractivity contribution in [3.05, 3.63) is 53.6 Å². The van der Waals surface area contributed by atoms with E-state index in [9.17, 15) is 9.59 Å². The van der Waals surface area contributed by atoms with Crippen LogP contribution in [0, 0.1) is 0 Å². The summed E-state index contributed by atoms with van der Waals surface area (Å²) in [7, 11) is 0. The summed E-state index contributed by atoms with van der Waals surface area (Å²) in [5.74, 6) is -1.34. The number of carbonyl (C=O) groups is 2. The first-order valence-corrected chi connectivity index (χ1v) is 13.0. The molecule has 0 spiro atoms. The number of fused-ring (bicyclic) bond motifs is 2. The molecule has 0 unspecified atom stereocenters. The molecule has 0 bridgehead atoms. The van der Waals surface area contributed by atoms with E-state index < -0.39 is 47.4 Å². The Kier molecular flexibility index (Phi) is 6.82. The lowest BCUT2D eigenvalue weighted by atomic mass is 9.93. The molecule has 0 aliphatic carbocycles. The second kappa shape index (κ2) is 9.74. The number of carbonyl (C=O) groups excluding carboxylic acids is 2. The molecule has 11 nitrogen and oxygen atoms in total. The summed E-state index contributed by atoms with van der Waals surface area (Å²) in [5, 5.41) is 6.62. The fourth-order valence-corrected chi connectivity index (χ4v) is 5.25. The number of anilines is 1. The molecule has 2 saturated heterocycles. The van der Waals surface area contributed by atoms with Crippen molar-refractivity contribution in [1.82, 2.24) is 19.9 Å². The molecule has 1 aromatic carbocycles. The van der Waals surface area contributed by atoms with Gasteiger partial charge >= 0.3 is 6.09 Å². The number of alkyl carbamates (subject to hydrolysis) is 1. The number of aromatic nitrogens is 3. The molecule has 2 amide bonds. The zero-order valence-corrected chi connectivity index (χ0v) is 23.4. The highest BCUT2D eigenvalue weighted by Crippen LogP contribution is 2.51. The van der Waals surface area contributed by atoms with Crippen LogP contribution in [0.15, 0.2) is 42.9 Å². The number of ether oxygens (including phenoxy) is 4. The number of hydrogen-bond donors (Lipinski definition) is 2. The summed E-state index contributed by atoms with van der Waals surface area (Å²) in [6.07, 6.45) is 0.309. The third-order valence-corrected chi connectivity index (χ3v) is 6.80. The Hall–Kier alpha value is -3.25. The van der Waals surface area contributed by atoms with Crippen molar-refractivity contribution in [2.75, 3.05) is 5.32 Å². The lowest BCUT2D eigenvalue weighted by Gasteiger charge is -2.28. The summed E-state index contributed by atoms with van der Waals surface area (Å²) < 4.78 is 25.9. The Bertz CT molecular complexity index is 1420. The summed E-state index contributed by atoms with van der Waals surface area (Å²) in [6, 6.07) is 8.96. The van der Waals surface area contributed by atoms with E-state index in [0.717, 1.165) is 5.56 Å². The highest BCUT2D eigenvalue weighted by atomic mass is 35.5. The maximum atomic E-state index is 13.6. The van der Waals surface area contributed by atoms with Crippen molar-refractivity contribution >= 4 is 40.3 Å². The molecule has 3 aromatic rings. The molecule has 0 saturated carbocycles. The van der Waals surface area contributed by atoms with E-state index in [1.165, 1.54) is 6.33 Å². The van der Waals surface area contributed by atoms with Gasteiger partial charge in [0.2, 0.25) is 0 Å². The maximum Gasteiger partial charge on any atom is 0.407 e. The first-order chi connectivity index (χ1) is 18.3. The molecule has 12 heteroatoms. The lowest BCUT2D eigenvalue weighted by molar-refractivity contribution is -0.208. The highest BCUT2D eigenvalue weighted by molar-refractivity contribution is 6.33. The minimum absolute atomic E-state index is 0.233. The minimum atomic E-state index is -1.10. The normalized spacial score (nSPS) is 25.9. The van der Waals surface area contributed by atoms with Gasteiger partial charge in [0.25, 0.3) is 5.91 Å². The highest BCUT2D eigenvalue weighted by Gasteiger charge is 2.66. The average Bonchev–Trinajstić information content (AvgIpc) is 3.44. The molecule has 4 atom stereocenters. The largest absolute Gasteiger partial charge is 0.444 e. The third kappa shape index (κ3) is 5.44. The van der Waals surface area contributed by atoms with Crippen LogP contribution < -0.4 is 10.6 Å². The fourth-order valence-electron chi connectivity index (χ4n) is 5.06. The summed E-state index contributed by atoms with van der Waals surface area (Å²) in [5.41, 5.74) is 0.188. The van der Waals surface area contributed by atoms with Gasteiger partial charge in [-0.15, -0.1) is 0 Å². The van der Waals surface area contributed by atoms with Crippen molar-refractivity contribution in [2.24, 2.45) is 0 Å². The number of nitrogens with one attached hydrogen (secondary N) is 2. The molecule has 0 radical (unpaired) electrons. The SMILES string of the molecule is CC(C)(C)OC(=O)NCc1cccc(NC(=O)[C@H]2O[C@@H](n3ccc4c(Cl)ncnc43)[C@@H]3OC(C)(C)O[C@]23C)c1. The Morgan fingerprint density at radius 3 is 2.69 bits per heavy atom. The van der Waals surface area contributed by atoms with Crippen molar-refractivity contribution in [3.63, 3.8) is 0 Å². The Labute approximate surface area is 231 Å². The molecule has 2 aliphatic heterocycles. The van der Waals surface area contributed by atoms with Crippen LogP contribution in [0.5, 0.6) is 0 Å². The molecule has 5 rings (SSSR count). The van der Waals surface area contributed by atoms with E-state index in [4.69, 9.17) is 30.5 Å². The van der Waals surface area contributed by atoms with E-state index in [1.807, 2.05) is 13.0 Å². The van der Waals surface area contributed by atoms with Crippen LogP contribution in [-0.4, -0.2) is 55.7 Å². The maximum absolute atomic E-state index is 13.6. The monoisotopic (exact) mass is 557 g/mol. The van der Waals surface area contributed by atoms with Gasteiger partial charge in [-0.25, -0.2) is 14.8 Å². The number of amides is 2. The van der Waals surface area contributed by atoms with E-state index in [-0.39, 0.29) is 6.54 Å². The molecule has 208 valence electrons. The number of nitrogens with zero attached hydrogens (tertiary/aromatic N) is 3. The Morgan fingerprint density at radius 2 is 1.95 bits per heavy atom. The fraction of sp³-hybridized carbons (Fsp3) is 0.481. The van der Waals surface area contributed by atoms with E-state index in [1.54, 1.807) is 69.6 Å². The zero-order valence-electron chi connectivity index (χ0n) is 22.6. The summed E-state index contributed by atoms with van der Waals surface area (Å²) >= 11 is 6.26. The van der Waals surface area contributed by atoms with Crippen molar-refractivity contribution < 1.29 is 28.5 Å². The number of hydrogen-bond acceptors (Lipinski definition) is 8. The first-order valence-electron chi connectivity index (χ1n) is 12.6. The zero-order chi connectivity index (χ0) is 28.2. The van der Waals surface area contributed by atoms with Crippen molar-refractivity contribution in [3.8, 4) is 0 Å². The van der Waals surface area contributed by atoms with Crippen LogP contribution in [0.2, 0.25) is 5.15 Å². The van der Waals surface area contributed by atoms with Gasteiger partial charge in [-0.3, -0.25) is 4.79 Å². The van der Waals surface area contributed by atoms with Crippen molar-refractivity contribution in [2.45, 2.75) is 83.5 Å². The molecule has 2 fully saturated rings. The van der Waals surface area contributed by atoms with Gasteiger partial charge < -0.3 is 34.1 Å². The van der Waals surface area contributed by atoms with Crippen LogP contribution in [0.25, 0.3) is 11.0 Å². The van der Waals surface area contributed by atoms with Crippen molar-refractivity contribution in [1.29, 1.82) is 0 Å². The van der Waals surface area contributed by atoms with Gasteiger partial charge in [-0.1, -0.05) is 23.7 Å². The van der Waals surface area contributed by atoms with Crippen LogP contribution >= 0.6 is 11.6 Å². The quantitative estimate of drug-likeness (QED) is 0.437. The van der Waals surface area contributed by atoms with Crippen LogP contribution in [-0.2, 0) is 30.3 Å². The number of halogens is 1. The Balaban J connectivity index is 1.35. The number of rotatable bonds is 5. The first kappa shape index (κ1) is 27.3. The predicted molar refractivity (Wildman–Crippen MR) is 143 cm³/mol. The second-order valence-electron chi connectivity index (χ2n) is 11.3. The number of benzene rings is 1. The molecule has 2 aromatic heterocycles. The lowest BCUT2D eigenvalue weighted by Crippen LogP contribution is -2.49. The van der Waals surface area contributed by atoms with Crippen LogP contribution in [0.3, 0.4) is 0 Å². The second-order valence-corrected chi connectivity index (χ2v) is 11.7. The minimum Gasteiger partial charge on any atom is -0.444 e. The molecular weight excluding hydrogens is 526 g/mol.